The first-order valence-electron chi connectivity index (χ1n) is 8.54. The third-order valence-electron chi connectivity index (χ3n) is 3.50. The zero-order valence-electron chi connectivity index (χ0n) is 15.2. The van der Waals surface area contributed by atoms with Crippen LogP contribution < -0.4 is 5.14 Å². The Morgan fingerprint density at radius 3 is 2.35 bits per heavy atom. The number of hydrogen-bond acceptors (Lipinski definition) is 5. The molecule has 0 radical (unpaired) electrons. The first-order valence-corrected chi connectivity index (χ1v) is 11.1. The van der Waals surface area contributed by atoms with Crippen molar-refractivity contribution in [3.05, 3.63) is 35.4 Å². The molecule has 0 atom stereocenters. The molecule has 3 nitrogen and oxygen atoms in total. The third kappa shape index (κ3) is 12.0. The maximum atomic E-state index is 12.8. The Labute approximate surface area is 173 Å². The fraction of sp³-hybridized carbons (Fsp3) is 0.611. The zero-order valence-corrected chi connectivity index (χ0v) is 18.4. The third-order valence-corrected chi connectivity index (χ3v) is 5.17. The van der Waals surface area contributed by atoms with Crippen molar-refractivity contribution in [2.45, 2.75) is 52.0 Å². The van der Waals surface area contributed by atoms with Gasteiger partial charge in [0.1, 0.15) is 11.6 Å². The number of carbonyl (C=O) groups is 1. The summed E-state index contributed by atoms with van der Waals surface area (Å²) < 4.78 is 29.1. The zero-order chi connectivity index (χ0) is 19.9. The van der Waals surface area contributed by atoms with Crippen LogP contribution in [-0.2, 0) is 12.4 Å². The Hall–Kier alpha value is -0.440. The van der Waals surface area contributed by atoms with E-state index >= 15 is 0 Å². The predicted molar refractivity (Wildman–Crippen MR) is 113 cm³/mol. The summed E-state index contributed by atoms with van der Waals surface area (Å²) in [5, 5.41) is 5.14. The molecule has 0 bridgehead atoms. The molecule has 0 heterocycles. The summed E-state index contributed by atoms with van der Waals surface area (Å²) in [7, 11) is 0. The first kappa shape index (κ1) is 25.6. The van der Waals surface area contributed by atoms with Crippen molar-refractivity contribution in [1.29, 1.82) is 0 Å². The number of ketones is 1. The van der Waals surface area contributed by atoms with Gasteiger partial charge in [-0.05, 0) is 37.0 Å². The Morgan fingerprint density at radius 2 is 1.96 bits per heavy atom. The number of nitrogens with zero attached hydrogens (tertiary/aromatic N) is 1. The highest BCUT2D eigenvalue weighted by atomic mass is 79.9. The van der Waals surface area contributed by atoms with Crippen molar-refractivity contribution in [2.75, 3.05) is 11.1 Å². The fourth-order valence-electron chi connectivity index (χ4n) is 2.16. The van der Waals surface area contributed by atoms with E-state index in [1.807, 2.05) is 0 Å². The summed E-state index contributed by atoms with van der Waals surface area (Å²) in [6.07, 6.45) is 6.55. The van der Waals surface area contributed by atoms with E-state index in [1.165, 1.54) is 44.1 Å². The normalized spacial score (nSPS) is 14.0. The van der Waals surface area contributed by atoms with Gasteiger partial charge in [-0.15, -0.1) is 0 Å². The van der Waals surface area contributed by atoms with Crippen LogP contribution in [0.4, 0.5) is 8.78 Å². The van der Waals surface area contributed by atoms with Crippen LogP contribution in [0.5, 0.6) is 0 Å². The van der Waals surface area contributed by atoms with Gasteiger partial charge in [0.25, 0.3) is 0 Å². The highest BCUT2D eigenvalue weighted by molar-refractivity contribution is 9.09. The maximum absolute atomic E-state index is 12.8. The summed E-state index contributed by atoms with van der Waals surface area (Å²) >= 11 is 8.88. The van der Waals surface area contributed by atoms with Crippen molar-refractivity contribution in [3.63, 3.8) is 0 Å². The van der Waals surface area contributed by atoms with E-state index in [2.05, 4.69) is 46.6 Å². The van der Waals surface area contributed by atoms with Crippen LogP contribution in [0, 0.1) is 17.6 Å². The molecule has 0 aromatic heterocycles. The van der Waals surface area contributed by atoms with E-state index in [4.69, 9.17) is 5.14 Å². The lowest BCUT2D eigenvalue weighted by Gasteiger charge is -2.14. The van der Waals surface area contributed by atoms with E-state index in [9.17, 15) is 13.6 Å². The van der Waals surface area contributed by atoms with Crippen molar-refractivity contribution < 1.29 is 13.6 Å². The van der Waals surface area contributed by atoms with E-state index in [0.29, 0.717) is 6.04 Å². The average Bonchev–Trinajstić information content (AvgIpc) is 2.64. The van der Waals surface area contributed by atoms with Gasteiger partial charge in [-0.2, -0.15) is 0 Å². The summed E-state index contributed by atoms with van der Waals surface area (Å²) in [4.78, 5) is 10.9. The second kappa shape index (κ2) is 15.6. The molecular formula is C18H27BrF2N2OS2. The largest absolute Gasteiger partial charge is 0.293 e. The lowest BCUT2D eigenvalue weighted by atomic mass is 9.97. The minimum atomic E-state index is -0.694. The molecule has 0 aliphatic heterocycles. The molecule has 26 heavy (non-hydrogen) atoms. The molecule has 2 rings (SSSR count). The molecule has 1 fully saturated rings. The molecule has 1 aliphatic carbocycles. The Morgan fingerprint density at radius 1 is 1.35 bits per heavy atom. The number of Topliss-reactive ketones (excluding diaryl/α,β-unsaturated/α-hetero) is 1. The second-order valence-electron chi connectivity index (χ2n) is 6.31. The number of carbonyl (C=O) groups excluding carboxylic acids is 1. The second-order valence-corrected chi connectivity index (χ2v) is 7.74. The van der Waals surface area contributed by atoms with Crippen LogP contribution in [0.2, 0.25) is 0 Å². The number of halogens is 3. The van der Waals surface area contributed by atoms with Gasteiger partial charge in [-0.3, -0.25) is 9.93 Å². The van der Waals surface area contributed by atoms with Crippen molar-refractivity contribution in [2.24, 2.45) is 15.4 Å². The van der Waals surface area contributed by atoms with Crippen LogP contribution in [-0.4, -0.2) is 22.9 Å². The summed E-state index contributed by atoms with van der Waals surface area (Å²) in [5.41, 5.74) is -0.216. The van der Waals surface area contributed by atoms with Crippen LogP contribution in [0.15, 0.2) is 22.6 Å². The quantitative estimate of drug-likeness (QED) is 0.334. The monoisotopic (exact) mass is 468 g/mol. The molecule has 0 unspecified atom stereocenters. The Bertz CT molecular complexity index is 542. The molecule has 148 valence electrons. The molecule has 1 aromatic carbocycles. The number of alkyl halides is 1. The number of nitrogens with two attached hydrogens (primary N) is 1. The molecule has 1 saturated carbocycles. The van der Waals surface area contributed by atoms with Crippen molar-refractivity contribution in [1.82, 2.24) is 0 Å². The summed E-state index contributed by atoms with van der Waals surface area (Å²) in [5.74, 6) is 0.0357. The van der Waals surface area contributed by atoms with Crippen LogP contribution >= 0.6 is 27.9 Å². The van der Waals surface area contributed by atoms with Crippen LogP contribution in [0.25, 0.3) is 0 Å². The highest BCUT2D eigenvalue weighted by Crippen LogP contribution is 2.19. The molecule has 1 aliphatic rings. The molecule has 1 aromatic rings. The van der Waals surface area contributed by atoms with E-state index < -0.39 is 17.4 Å². The average molecular weight is 469 g/mol. The van der Waals surface area contributed by atoms with Gasteiger partial charge in [-0.1, -0.05) is 61.0 Å². The van der Waals surface area contributed by atoms with Crippen LogP contribution in [0.1, 0.15) is 56.3 Å². The maximum Gasteiger partial charge on any atom is 0.176 e. The number of hydrogen-bond donors (Lipinski definition) is 1. The molecule has 0 spiro atoms. The fourth-order valence-corrected chi connectivity index (χ4v) is 3.06. The minimum absolute atomic E-state index is 0.00657. The van der Waals surface area contributed by atoms with E-state index in [0.717, 1.165) is 29.9 Å². The number of benzene rings is 1. The molecular weight excluding hydrogens is 442 g/mol. The Kier molecular flexibility index (Phi) is 15.3. The smallest absolute Gasteiger partial charge is 0.176 e. The lowest BCUT2D eigenvalue weighted by Crippen LogP contribution is -2.07. The summed E-state index contributed by atoms with van der Waals surface area (Å²) in [6.45, 7) is 4.31. The first-order chi connectivity index (χ1) is 12.3. The topological polar surface area (TPSA) is 55.5 Å². The van der Waals surface area contributed by atoms with Gasteiger partial charge in [0.05, 0.1) is 16.9 Å². The van der Waals surface area contributed by atoms with Crippen LogP contribution in [0.3, 0.4) is 0 Å². The van der Waals surface area contributed by atoms with E-state index in [1.54, 1.807) is 0 Å². The highest BCUT2D eigenvalue weighted by Gasteiger charge is 2.11. The SMILES string of the molecule is CC(C)CSN.O=C(CBr)c1cc(F)ccc1F.S=NC1CCCCC1. The standard InChI is InChI=1S/C8H5BrF2O.C6H11NS.C4H11NS/c9-4-8(12)6-3-5(10)1-2-7(6)11;8-7-6-4-2-1-3-5-6;1-4(2)3-6-5/h1-3H,4H2;6H,1-5H2;4H,3,5H2,1-2H3. The van der Waals surface area contributed by atoms with Gasteiger partial charge in [0, 0.05) is 18.2 Å². The van der Waals surface area contributed by atoms with E-state index in [-0.39, 0.29) is 10.9 Å². The predicted octanol–water partition coefficient (Wildman–Crippen LogP) is 5.84. The molecule has 0 saturated heterocycles. The minimum Gasteiger partial charge on any atom is -0.293 e. The van der Waals surface area contributed by atoms with Gasteiger partial charge < -0.3 is 0 Å². The molecule has 0 amide bonds. The Balaban J connectivity index is 0.000000388. The molecule has 2 N–H and O–H groups in total. The van der Waals surface area contributed by atoms with Crippen molar-refractivity contribution in [3.8, 4) is 0 Å². The van der Waals surface area contributed by atoms with Gasteiger partial charge in [0.2, 0.25) is 0 Å². The van der Waals surface area contributed by atoms with Crippen molar-refractivity contribution >= 4 is 46.1 Å². The lowest BCUT2D eigenvalue weighted by molar-refractivity contribution is 0.101. The molecule has 8 heteroatoms. The van der Waals surface area contributed by atoms with Gasteiger partial charge >= 0.3 is 0 Å². The summed E-state index contributed by atoms with van der Waals surface area (Å²) in [6, 6.07) is 3.32. The van der Waals surface area contributed by atoms with Gasteiger partial charge in [-0.25, -0.2) is 13.1 Å². The number of rotatable bonds is 5. The van der Waals surface area contributed by atoms with Gasteiger partial charge in [0.15, 0.2) is 5.78 Å².